The van der Waals surface area contributed by atoms with Crippen LogP contribution in [0.25, 0.3) is 16.7 Å². The highest BCUT2D eigenvalue weighted by Crippen LogP contribution is 2.30. The predicted octanol–water partition coefficient (Wildman–Crippen LogP) is 3.86. The van der Waals surface area contributed by atoms with Crippen LogP contribution in [0.15, 0.2) is 59.8 Å². The molecule has 0 radical (unpaired) electrons. The van der Waals surface area contributed by atoms with E-state index >= 15 is 0 Å². The standard InChI is InChI=1S/C22H18F3N5O2/c1-13-5-3-8-18(14(13)2)30-20-17(10-27-30)21(32)29(12-26-20)11-19(31)28-16-7-4-6-15(9-16)22(23,24)25/h3-10,12H,11H2,1-2H3,(H,28,31). The van der Waals surface area contributed by atoms with E-state index in [9.17, 15) is 22.8 Å². The fourth-order valence-electron chi connectivity index (χ4n) is 3.33. The summed E-state index contributed by atoms with van der Waals surface area (Å²) >= 11 is 0. The second kappa shape index (κ2) is 7.95. The molecule has 10 heteroatoms. The molecule has 0 spiro atoms. The second-order valence-electron chi connectivity index (χ2n) is 7.32. The SMILES string of the molecule is Cc1cccc(-n2ncc3c(=O)n(CC(=O)Nc4cccc(C(F)(F)F)c4)cnc32)c1C. The number of anilines is 1. The number of aryl methyl sites for hydroxylation is 1. The minimum Gasteiger partial charge on any atom is -0.325 e. The summed E-state index contributed by atoms with van der Waals surface area (Å²) in [6.45, 7) is 3.50. The lowest BCUT2D eigenvalue weighted by atomic mass is 10.1. The number of hydrogen-bond acceptors (Lipinski definition) is 4. The summed E-state index contributed by atoms with van der Waals surface area (Å²) in [5.41, 5.74) is 1.80. The Kier molecular flexibility index (Phi) is 5.29. The second-order valence-corrected chi connectivity index (χ2v) is 7.32. The van der Waals surface area contributed by atoms with Gasteiger partial charge in [-0.1, -0.05) is 18.2 Å². The van der Waals surface area contributed by atoms with E-state index in [1.165, 1.54) is 24.7 Å². The summed E-state index contributed by atoms with van der Waals surface area (Å²) in [6.07, 6.45) is -1.92. The number of benzene rings is 2. The molecule has 0 aliphatic heterocycles. The lowest BCUT2D eigenvalue weighted by Gasteiger charge is -2.11. The zero-order valence-electron chi connectivity index (χ0n) is 17.1. The van der Waals surface area contributed by atoms with Gasteiger partial charge in [0.15, 0.2) is 5.65 Å². The molecule has 0 saturated carbocycles. The van der Waals surface area contributed by atoms with Crippen molar-refractivity contribution in [1.82, 2.24) is 19.3 Å². The van der Waals surface area contributed by atoms with Gasteiger partial charge in [0.25, 0.3) is 5.56 Å². The fraction of sp³-hybridized carbons (Fsp3) is 0.182. The molecule has 0 bridgehead atoms. The lowest BCUT2D eigenvalue weighted by Crippen LogP contribution is -2.28. The van der Waals surface area contributed by atoms with Crippen molar-refractivity contribution in [2.75, 3.05) is 5.32 Å². The Labute approximate surface area is 180 Å². The van der Waals surface area contributed by atoms with E-state index < -0.39 is 29.8 Å². The number of halogens is 3. The van der Waals surface area contributed by atoms with Gasteiger partial charge in [-0.25, -0.2) is 9.67 Å². The first-order chi connectivity index (χ1) is 15.1. The van der Waals surface area contributed by atoms with E-state index in [1.807, 2.05) is 32.0 Å². The number of nitrogens with one attached hydrogen (secondary N) is 1. The van der Waals surface area contributed by atoms with E-state index in [1.54, 1.807) is 4.68 Å². The molecule has 1 amide bonds. The molecule has 164 valence electrons. The van der Waals surface area contributed by atoms with Crippen LogP contribution in [0.1, 0.15) is 16.7 Å². The third kappa shape index (κ3) is 3.98. The molecule has 4 rings (SSSR count). The van der Waals surface area contributed by atoms with Crippen LogP contribution in [0.2, 0.25) is 0 Å². The van der Waals surface area contributed by atoms with Gasteiger partial charge < -0.3 is 5.32 Å². The molecular weight excluding hydrogens is 423 g/mol. The summed E-state index contributed by atoms with van der Waals surface area (Å²) in [5, 5.41) is 6.88. The van der Waals surface area contributed by atoms with Gasteiger partial charge in [-0.05, 0) is 49.2 Å². The zero-order valence-corrected chi connectivity index (χ0v) is 17.1. The largest absolute Gasteiger partial charge is 0.416 e. The van der Waals surface area contributed by atoms with E-state index in [0.717, 1.165) is 33.5 Å². The van der Waals surface area contributed by atoms with Crippen molar-refractivity contribution < 1.29 is 18.0 Å². The number of aromatic nitrogens is 4. The zero-order chi connectivity index (χ0) is 23.0. The number of amides is 1. The van der Waals surface area contributed by atoms with Crippen LogP contribution in [0.3, 0.4) is 0 Å². The first-order valence-corrected chi connectivity index (χ1v) is 9.62. The van der Waals surface area contributed by atoms with Crippen molar-refractivity contribution in [2.24, 2.45) is 0 Å². The van der Waals surface area contributed by atoms with Crippen molar-refractivity contribution in [2.45, 2.75) is 26.6 Å². The minimum absolute atomic E-state index is 0.0188. The van der Waals surface area contributed by atoms with E-state index in [2.05, 4.69) is 15.4 Å². The van der Waals surface area contributed by atoms with Gasteiger partial charge in [-0.2, -0.15) is 18.3 Å². The van der Waals surface area contributed by atoms with E-state index in [4.69, 9.17) is 0 Å². The van der Waals surface area contributed by atoms with Crippen molar-refractivity contribution in [1.29, 1.82) is 0 Å². The summed E-state index contributed by atoms with van der Waals surface area (Å²) in [6, 6.07) is 9.98. The van der Waals surface area contributed by atoms with Crippen molar-refractivity contribution in [3.05, 3.63) is 82.0 Å². The first kappa shape index (κ1) is 21.3. The molecule has 4 aromatic rings. The smallest absolute Gasteiger partial charge is 0.325 e. The third-order valence-electron chi connectivity index (χ3n) is 5.15. The molecule has 0 fully saturated rings. The fourth-order valence-corrected chi connectivity index (χ4v) is 3.33. The highest BCUT2D eigenvalue weighted by atomic mass is 19.4. The molecule has 0 atom stereocenters. The predicted molar refractivity (Wildman–Crippen MR) is 113 cm³/mol. The van der Waals surface area contributed by atoms with Crippen LogP contribution in [0, 0.1) is 13.8 Å². The van der Waals surface area contributed by atoms with Crippen LogP contribution in [0.5, 0.6) is 0 Å². The molecule has 1 N–H and O–H groups in total. The Hall–Kier alpha value is -3.95. The topological polar surface area (TPSA) is 81.8 Å². The molecule has 2 aromatic carbocycles. The quantitative estimate of drug-likeness (QED) is 0.522. The average Bonchev–Trinajstić information content (AvgIpc) is 3.16. The van der Waals surface area contributed by atoms with Crippen molar-refractivity contribution >= 4 is 22.6 Å². The van der Waals surface area contributed by atoms with Gasteiger partial charge in [-0.3, -0.25) is 14.2 Å². The Morgan fingerprint density at radius 3 is 2.62 bits per heavy atom. The molecule has 7 nitrogen and oxygen atoms in total. The Bertz CT molecular complexity index is 1390. The van der Waals surface area contributed by atoms with Gasteiger partial charge in [0.1, 0.15) is 18.3 Å². The van der Waals surface area contributed by atoms with Gasteiger partial charge in [0.2, 0.25) is 5.91 Å². The summed E-state index contributed by atoms with van der Waals surface area (Å²) < 4.78 is 41.2. The summed E-state index contributed by atoms with van der Waals surface area (Å²) in [5.74, 6) is -0.658. The number of rotatable bonds is 4. The normalized spacial score (nSPS) is 11.7. The van der Waals surface area contributed by atoms with Crippen LogP contribution in [-0.2, 0) is 17.5 Å². The number of carbonyl (C=O) groups is 1. The number of alkyl halides is 3. The lowest BCUT2D eigenvalue weighted by molar-refractivity contribution is -0.137. The molecule has 32 heavy (non-hydrogen) atoms. The number of nitrogens with zero attached hydrogens (tertiary/aromatic N) is 4. The third-order valence-corrected chi connectivity index (χ3v) is 5.15. The maximum absolute atomic E-state index is 12.9. The van der Waals surface area contributed by atoms with Crippen LogP contribution in [0.4, 0.5) is 18.9 Å². The van der Waals surface area contributed by atoms with E-state index in [-0.39, 0.29) is 11.1 Å². The Balaban J connectivity index is 1.60. The van der Waals surface area contributed by atoms with Crippen LogP contribution >= 0.6 is 0 Å². The Morgan fingerprint density at radius 2 is 1.88 bits per heavy atom. The maximum atomic E-state index is 12.9. The van der Waals surface area contributed by atoms with E-state index in [0.29, 0.717) is 5.65 Å². The summed E-state index contributed by atoms with van der Waals surface area (Å²) in [7, 11) is 0. The minimum atomic E-state index is -4.53. The first-order valence-electron chi connectivity index (χ1n) is 9.62. The highest BCUT2D eigenvalue weighted by molar-refractivity contribution is 5.90. The highest BCUT2D eigenvalue weighted by Gasteiger charge is 2.30. The molecule has 2 aromatic heterocycles. The maximum Gasteiger partial charge on any atom is 0.416 e. The molecule has 2 heterocycles. The molecule has 0 saturated heterocycles. The van der Waals surface area contributed by atoms with Crippen LogP contribution < -0.4 is 10.9 Å². The Morgan fingerprint density at radius 1 is 1.12 bits per heavy atom. The van der Waals surface area contributed by atoms with Crippen molar-refractivity contribution in [3.63, 3.8) is 0 Å². The van der Waals surface area contributed by atoms with Crippen LogP contribution in [-0.4, -0.2) is 25.2 Å². The van der Waals surface area contributed by atoms with Crippen molar-refractivity contribution in [3.8, 4) is 5.69 Å². The number of hydrogen-bond donors (Lipinski definition) is 1. The van der Waals surface area contributed by atoms with Gasteiger partial charge in [0.05, 0.1) is 17.4 Å². The molecule has 0 aliphatic carbocycles. The average molecular weight is 441 g/mol. The molecule has 0 aliphatic rings. The van der Waals surface area contributed by atoms with Gasteiger partial charge in [0, 0.05) is 5.69 Å². The molecular formula is C22H18F3N5O2. The number of fused-ring (bicyclic) bond motifs is 1. The number of carbonyl (C=O) groups excluding carboxylic acids is 1. The van der Waals surface area contributed by atoms with Gasteiger partial charge in [-0.15, -0.1) is 0 Å². The summed E-state index contributed by atoms with van der Waals surface area (Å²) in [4.78, 5) is 29.5. The monoisotopic (exact) mass is 441 g/mol. The molecule has 0 unspecified atom stereocenters. The van der Waals surface area contributed by atoms with Gasteiger partial charge >= 0.3 is 6.18 Å².